The molecule has 0 amide bonds. The second-order valence-corrected chi connectivity index (χ2v) is 3.22. The molecule has 0 radical (unpaired) electrons. The molecule has 92 valence electrons. The number of nitrogens with zero attached hydrogens (tertiary/aromatic N) is 4. The molecule has 3 N–H and O–H groups in total. The van der Waals surface area contributed by atoms with Crippen LogP contribution in [0.25, 0.3) is 0 Å². The summed E-state index contributed by atoms with van der Waals surface area (Å²) in [4.78, 5) is 10.1. The van der Waals surface area contributed by atoms with Crippen LogP contribution < -0.4 is 11.2 Å². The van der Waals surface area contributed by atoms with Crippen LogP contribution in [0.1, 0.15) is 5.56 Å². The zero-order valence-corrected chi connectivity index (χ0v) is 8.98. The van der Waals surface area contributed by atoms with Crippen molar-refractivity contribution >= 4 is 23.5 Å². The average Bonchev–Trinajstić information content (AvgIpc) is 2.76. The molecule has 18 heavy (non-hydrogen) atoms. The molecule has 0 saturated carbocycles. The van der Waals surface area contributed by atoms with Crippen molar-refractivity contribution in [1.29, 1.82) is 0 Å². The smallest absolute Gasteiger partial charge is 0.270 e. The molecule has 1 aromatic heterocycles. The van der Waals surface area contributed by atoms with Gasteiger partial charge in [0.1, 0.15) is 0 Å². The fourth-order valence-electron chi connectivity index (χ4n) is 1.16. The summed E-state index contributed by atoms with van der Waals surface area (Å²) >= 11 is 0. The normalized spacial score (nSPS) is 10.7. The summed E-state index contributed by atoms with van der Waals surface area (Å²) in [6, 6.07) is 6.01. The van der Waals surface area contributed by atoms with Gasteiger partial charge in [0.25, 0.3) is 5.69 Å². The summed E-state index contributed by atoms with van der Waals surface area (Å²) in [5.74, 6) is 0.253. The topological polar surface area (TPSA) is 132 Å². The number of non-ortho nitro benzene ring substituents is 1. The molecule has 0 aliphatic carbocycles. The SMILES string of the molecule is Nc1nonc1N/N=C/c1cccc([N+](=O)[O-])c1. The maximum Gasteiger partial charge on any atom is 0.270 e. The molecule has 0 fully saturated rings. The summed E-state index contributed by atoms with van der Waals surface area (Å²) in [5.41, 5.74) is 8.44. The van der Waals surface area contributed by atoms with E-state index in [0.717, 1.165) is 0 Å². The van der Waals surface area contributed by atoms with Crippen LogP contribution in [-0.2, 0) is 0 Å². The third kappa shape index (κ3) is 2.58. The molecule has 1 aromatic carbocycles. The van der Waals surface area contributed by atoms with Gasteiger partial charge in [0.2, 0.25) is 11.6 Å². The number of nitro groups is 1. The van der Waals surface area contributed by atoms with E-state index in [9.17, 15) is 10.1 Å². The number of aromatic nitrogens is 2. The van der Waals surface area contributed by atoms with Crippen LogP contribution in [0.3, 0.4) is 0 Å². The van der Waals surface area contributed by atoms with Crippen molar-refractivity contribution in [3.05, 3.63) is 39.9 Å². The van der Waals surface area contributed by atoms with Crippen molar-refractivity contribution in [3.63, 3.8) is 0 Å². The standard InChI is InChI=1S/C9H8N6O3/c10-8-9(14-18-13-8)12-11-5-6-2-1-3-7(4-6)15(16)17/h1-5H,(H2,10,13)(H,12,14)/b11-5+. The fraction of sp³-hybridized carbons (Fsp3) is 0. The molecule has 0 saturated heterocycles. The quantitative estimate of drug-likeness (QED) is 0.468. The Morgan fingerprint density at radius 3 is 3.00 bits per heavy atom. The van der Waals surface area contributed by atoms with Gasteiger partial charge in [-0.05, 0) is 10.3 Å². The predicted octanol–water partition coefficient (Wildman–Crippen LogP) is 1.01. The van der Waals surface area contributed by atoms with E-state index in [4.69, 9.17) is 5.73 Å². The summed E-state index contributed by atoms with van der Waals surface area (Å²) < 4.78 is 4.35. The number of nitrogens with one attached hydrogen (secondary N) is 1. The highest BCUT2D eigenvalue weighted by atomic mass is 16.6. The van der Waals surface area contributed by atoms with Crippen molar-refractivity contribution in [2.75, 3.05) is 11.2 Å². The van der Waals surface area contributed by atoms with Crippen LogP contribution in [-0.4, -0.2) is 21.5 Å². The first-order chi connectivity index (χ1) is 8.66. The minimum atomic E-state index is -0.482. The number of nitro benzene ring substituents is 1. The Bertz CT molecular complexity index is 593. The van der Waals surface area contributed by atoms with Crippen molar-refractivity contribution in [2.45, 2.75) is 0 Å². The fourth-order valence-corrected chi connectivity index (χ4v) is 1.16. The van der Waals surface area contributed by atoms with E-state index in [1.54, 1.807) is 12.1 Å². The van der Waals surface area contributed by atoms with Gasteiger partial charge in [-0.1, -0.05) is 12.1 Å². The lowest BCUT2D eigenvalue weighted by Crippen LogP contribution is -1.95. The van der Waals surface area contributed by atoms with E-state index in [1.165, 1.54) is 18.3 Å². The van der Waals surface area contributed by atoms with Gasteiger partial charge >= 0.3 is 0 Å². The maximum absolute atomic E-state index is 10.6. The van der Waals surface area contributed by atoms with Crippen LogP contribution in [0.2, 0.25) is 0 Å². The molecule has 0 aliphatic rings. The highest BCUT2D eigenvalue weighted by molar-refractivity contribution is 5.81. The second kappa shape index (κ2) is 4.91. The molecular formula is C9H8N6O3. The van der Waals surface area contributed by atoms with Gasteiger partial charge in [-0.15, -0.1) is 0 Å². The Hall–Kier alpha value is -2.97. The number of nitrogen functional groups attached to an aromatic ring is 1. The third-order valence-electron chi connectivity index (χ3n) is 1.98. The highest BCUT2D eigenvalue weighted by Crippen LogP contribution is 2.12. The van der Waals surface area contributed by atoms with Gasteiger partial charge < -0.3 is 5.73 Å². The average molecular weight is 248 g/mol. The van der Waals surface area contributed by atoms with Crippen LogP contribution in [0, 0.1) is 10.1 Å². The van der Waals surface area contributed by atoms with Gasteiger partial charge in [0.15, 0.2) is 0 Å². The Kier molecular flexibility index (Phi) is 3.14. The van der Waals surface area contributed by atoms with E-state index in [-0.39, 0.29) is 17.3 Å². The predicted molar refractivity (Wildman–Crippen MR) is 63.0 cm³/mol. The van der Waals surface area contributed by atoms with E-state index in [0.29, 0.717) is 5.56 Å². The number of hydrogen-bond donors (Lipinski definition) is 2. The Morgan fingerprint density at radius 2 is 2.33 bits per heavy atom. The van der Waals surface area contributed by atoms with Gasteiger partial charge in [-0.3, -0.25) is 15.5 Å². The number of hydrogen-bond acceptors (Lipinski definition) is 8. The molecule has 2 aromatic rings. The van der Waals surface area contributed by atoms with Gasteiger partial charge in [0, 0.05) is 17.7 Å². The zero-order valence-electron chi connectivity index (χ0n) is 8.98. The van der Waals surface area contributed by atoms with E-state index in [1.807, 2.05) is 0 Å². The lowest BCUT2D eigenvalue weighted by atomic mass is 10.2. The molecule has 0 atom stereocenters. The highest BCUT2D eigenvalue weighted by Gasteiger charge is 2.05. The first kappa shape index (κ1) is 11.5. The molecular weight excluding hydrogens is 240 g/mol. The van der Waals surface area contributed by atoms with Gasteiger partial charge in [-0.2, -0.15) is 5.10 Å². The molecule has 0 spiro atoms. The van der Waals surface area contributed by atoms with Crippen molar-refractivity contribution < 1.29 is 9.55 Å². The van der Waals surface area contributed by atoms with E-state index in [2.05, 4.69) is 25.5 Å². The van der Waals surface area contributed by atoms with Gasteiger partial charge in [0.05, 0.1) is 11.1 Å². The minimum Gasteiger partial charge on any atom is -0.378 e. The van der Waals surface area contributed by atoms with Crippen LogP contribution in [0.4, 0.5) is 17.3 Å². The van der Waals surface area contributed by atoms with Crippen molar-refractivity contribution in [1.82, 2.24) is 10.3 Å². The Labute approximate surface area is 100 Å². The van der Waals surface area contributed by atoms with Gasteiger partial charge in [-0.25, -0.2) is 4.63 Å². The summed E-state index contributed by atoms with van der Waals surface area (Å²) in [6.45, 7) is 0. The Morgan fingerprint density at radius 1 is 1.50 bits per heavy atom. The molecule has 1 heterocycles. The molecule has 9 heteroatoms. The summed E-state index contributed by atoms with van der Waals surface area (Å²) in [7, 11) is 0. The first-order valence-corrected chi connectivity index (χ1v) is 4.78. The van der Waals surface area contributed by atoms with Crippen molar-refractivity contribution in [2.24, 2.45) is 5.10 Å². The maximum atomic E-state index is 10.6. The molecule has 0 aliphatic heterocycles. The summed E-state index contributed by atoms with van der Waals surface area (Å²) in [5, 5.41) is 21.2. The molecule has 0 unspecified atom stereocenters. The number of rotatable bonds is 4. The van der Waals surface area contributed by atoms with Crippen LogP contribution in [0.15, 0.2) is 34.0 Å². The zero-order chi connectivity index (χ0) is 13.0. The van der Waals surface area contributed by atoms with Crippen LogP contribution >= 0.6 is 0 Å². The number of anilines is 2. The number of nitrogens with two attached hydrogens (primary N) is 1. The first-order valence-electron chi connectivity index (χ1n) is 4.78. The lowest BCUT2D eigenvalue weighted by Gasteiger charge is -1.95. The summed E-state index contributed by atoms with van der Waals surface area (Å²) in [6.07, 6.45) is 1.39. The third-order valence-corrected chi connectivity index (χ3v) is 1.98. The molecule has 2 rings (SSSR count). The Balaban J connectivity index is 2.07. The minimum absolute atomic E-state index is 0.0124. The van der Waals surface area contributed by atoms with Crippen LogP contribution in [0.5, 0.6) is 0 Å². The van der Waals surface area contributed by atoms with E-state index < -0.39 is 4.92 Å². The monoisotopic (exact) mass is 248 g/mol. The number of hydrazone groups is 1. The molecule has 9 nitrogen and oxygen atoms in total. The van der Waals surface area contributed by atoms with E-state index >= 15 is 0 Å². The lowest BCUT2D eigenvalue weighted by molar-refractivity contribution is -0.384. The van der Waals surface area contributed by atoms with Crippen molar-refractivity contribution in [3.8, 4) is 0 Å². The molecule has 0 bridgehead atoms. The second-order valence-electron chi connectivity index (χ2n) is 3.22. The largest absolute Gasteiger partial charge is 0.378 e. The number of benzene rings is 1.